The number of methoxy groups -OCH3 is 2. The van der Waals surface area contributed by atoms with Crippen molar-refractivity contribution in [2.75, 3.05) is 14.2 Å². The van der Waals surface area contributed by atoms with Crippen LogP contribution in [-0.4, -0.2) is 19.1 Å². The normalized spacial score (nSPS) is 10.3. The van der Waals surface area contributed by atoms with Gasteiger partial charge in [-0.2, -0.15) is 0 Å². The molecule has 0 amide bonds. The van der Waals surface area contributed by atoms with Gasteiger partial charge < -0.3 is 9.47 Å². The SMILES string of the molecule is COc1cc(F)c(-c2[c]ccc(OC)c2[N+](=O)[O-])c(F)c1. The van der Waals surface area contributed by atoms with E-state index in [2.05, 4.69) is 6.07 Å². The molecule has 109 valence electrons. The molecule has 0 unspecified atom stereocenters. The lowest BCUT2D eigenvalue weighted by Crippen LogP contribution is -2.00. The molecule has 21 heavy (non-hydrogen) atoms. The maximum Gasteiger partial charge on any atom is 0.319 e. The average Bonchev–Trinajstić information content (AvgIpc) is 2.45. The molecule has 0 fully saturated rings. The Kier molecular flexibility index (Phi) is 4.02. The Morgan fingerprint density at radius 3 is 2.29 bits per heavy atom. The lowest BCUT2D eigenvalue weighted by atomic mass is 10.0. The van der Waals surface area contributed by atoms with Gasteiger partial charge in [-0.1, -0.05) is 0 Å². The summed E-state index contributed by atoms with van der Waals surface area (Å²) in [6.45, 7) is 0. The van der Waals surface area contributed by atoms with Crippen LogP contribution in [0.25, 0.3) is 11.1 Å². The largest absolute Gasteiger partial charge is 0.497 e. The molecular formula is C14H10F2NO4. The predicted octanol–water partition coefficient (Wildman–Crippen LogP) is 3.36. The highest BCUT2D eigenvalue weighted by Gasteiger charge is 2.26. The van der Waals surface area contributed by atoms with Crippen molar-refractivity contribution in [3.8, 4) is 22.6 Å². The van der Waals surface area contributed by atoms with Gasteiger partial charge in [0, 0.05) is 12.1 Å². The molecule has 7 heteroatoms. The van der Waals surface area contributed by atoms with Crippen LogP contribution in [-0.2, 0) is 0 Å². The van der Waals surface area contributed by atoms with Gasteiger partial charge in [-0.3, -0.25) is 10.1 Å². The number of nitro groups is 1. The molecule has 0 bridgehead atoms. The van der Waals surface area contributed by atoms with Crippen LogP contribution < -0.4 is 9.47 Å². The third-order valence-corrected chi connectivity index (χ3v) is 2.84. The van der Waals surface area contributed by atoms with Crippen molar-refractivity contribution in [2.24, 2.45) is 0 Å². The number of hydrogen-bond donors (Lipinski definition) is 0. The van der Waals surface area contributed by atoms with Gasteiger partial charge in [0.1, 0.15) is 17.4 Å². The lowest BCUT2D eigenvalue weighted by molar-refractivity contribution is -0.385. The summed E-state index contributed by atoms with van der Waals surface area (Å²) in [5.74, 6) is -2.11. The van der Waals surface area contributed by atoms with E-state index in [4.69, 9.17) is 9.47 Å². The summed E-state index contributed by atoms with van der Waals surface area (Å²) < 4.78 is 37.7. The first-order chi connectivity index (χ1) is 9.99. The van der Waals surface area contributed by atoms with Gasteiger partial charge in [0.2, 0.25) is 0 Å². The fourth-order valence-electron chi connectivity index (χ4n) is 1.91. The quantitative estimate of drug-likeness (QED) is 0.641. The van der Waals surface area contributed by atoms with Crippen LogP contribution in [0.15, 0.2) is 24.3 Å². The number of hydrogen-bond acceptors (Lipinski definition) is 4. The number of ether oxygens (including phenoxy) is 2. The van der Waals surface area contributed by atoms with Crippen LogP contribution in [0, 0.1) is 27.8 Å². The van der Waals surface area contributed by atoms with Crippen molar-refractivity contribution >= 4 is 5.69 Å². The molecule has 0 atom stereocenters. The van der Waals surface area contributed by atoms with Gasteiger partial charge in [-0.05, 0) is 18.2 Å². The summed E-state index contributed by atoms with van der Waals surface area (Å²) in [6.07, 6.45) is 0. The highest BCUT2D eigenvalue weighted by Crippen LogP contribution is 2.40. The minimum Gasteiger partial charge on any atom is -0.497 e. The van der Waals surface area contributed by atoms with Gasteiger partial charge in [-0.25, -0.2) is 8.78 Å². The van der Waals surface area contributed by atoms with Crippen molar-refractivity contribution in [1.82, 2.24) is 0 Å². The maximum atomic E-state index is 14.1. The molecule has 2 aromatic rings. The summed E-state index contributed by atoms with van der Waals surface area (Å²) in [7, 11) is 2.49. The van der Waals surface area contributed by atoms with E-state index in [9.17, 15) is 18.9 Å². The molecule has 0 aliphatic carbocycles. The molecule has 0 aliphatic heterocycles. The Morgan fingerprint density at radius 1 is 1.19 bits per heavy atom. The third-order valence-electron chi connectivity index (χ3n) is 2.84. The number of halogens is 2. The van der Waals surface area contributed by atoms with Crippen molar-refractivity contribution in [2.45, 2.75) is 0 Å². The van der Waals surface area contributed by atoms with Crippen LogP contribution in [0.3, 0.4) is 0 Å². The number of nitro benzene ring substituents is 1. The first-order valence-electron chi connectivity index (χ1n) is 5.76. The van der Waals surface area contributed by atoms with E-state index in [-0.39, 0.29) is 17.1 Å². The highest BCUT2D eigenvalue weighted by atomic mass is 19.1. The van der Waals surface area contributed by atoms with Crippen molar-refractivity contribution in [3.05, 3.63) is 52.1 Å². The van der Waals surface area contributed by atoms with E-state index >= 15 is 0 Å². The topological polar surface area (TPSA) is 61.6 Å². The standard InChI is InChI=1S/C14H10F2NO4/c1-20-8-6-10(15)13(11(16)7-8)9-4-3-5-12(21-2)14(9)17(18)19/h3,5-7H,1-2H3. The van der Waals surface area contributed by atoms with Crippen molar-refractivity contribution < 1.29 is 23.2 Å². The molecule has 0 saturated heterocycles. The molecule has 0 N–H and O–H groups in total. The molecule has 5 nitrogen and oxygen atoms in total. The van der Waals surface area contributed by atoms with E-state index in [1.54, 1.807) is 0 Å². The molecule has 0 spiro atoms. The Bertz CT molecular complexity index is 680. The molecular weight excluding hydrogens is 284 g/mol. The van der Waals surface area contributed by atoms with Gasteiger partial charge >= 0.3 is 5.69 Å². The van der Waals surface area contributed by atoms with E-state index in [1.807, 2.05) is 0 Å². The van der Waals surface area contributed by atoms with Crippen LogP contribution in [0.5, 0.6) is 11.5 Å². The smallest absolute Gasteiger partial charge is 0.319 e. The predicted molar refractivity (Wildman–Crippen MR) is 70.4 cm³/mol. The minimum absolute atomic E-state index is 0.0284. The maximum absolute atomic E-state index is 14.1. The summed E-state index contributed by atoms with van der Waals surface area (Å²) >= 11 is 0. The van der Waals surface area contributed by atoms with E-state index in [1.165, 1.54) is 26.4 Å². The molecule has 2 aromatic carbocycles. The fraction of sp³-hybridized carbons (Fsp3) is 0.143. The Morgan fingerprint density at radius 2 is 1.81 bits per heavy atom. The average molecular weight is 294 g/mol. The monoisotopic (exact) mass is 294 g/mol. The second-order valence-electron chi connectivity index (χ2n) is 3.99. The zero-order valence-corrected chi connectivity index (χ0v) is 11.1. The second-order valence-corrected chi connectivity index (χ2v) is 3.99. The Balaban J connectivity index is 2.76. The summed E-state index contributed by atoms with van der Waals surface area (Å²) in [6, 6.07) is 6.95. The van der Waals surface area contributed by atoms with E-state index < -0.39 is 27.8 Å². The van der Waals surface area contributed by atoms with E-state index in [0.717, 1.165) is 12.1 Å². The van der Waals surface area contributed by atoms with Crippen LogP contribution in [0.2, 0.25) is 0 Å². The van der Waals surface area contributed by atoms with Crippen LogP contribution in [0.1, 0.15) is 0 Å². The van der Waals surface area contributed by atoms with Gasteiger partial charge in [0.05, 0.1) is 30.3 Å². The Labute approximate surface area is 118 Å². The fourth-order valence-corrected chi connectivity index (χ4v) is 1.91. The number of benzene rings is 2. The number of rotatable bonds is 4. The van der Waals surface area contributed by atoms with Gasteiger partial charge in [0.25, 0.3) is 0 Å². The molecule has 0 aromatic heterocycles. The highest BCUT2D eigenvalue weighted by molar-refractivity contribution is 5.78. The minimum atomic E-state index is -0.987. The van der Waals surface area contributed by atoms with Crippen LogP contribution >= 0.6 is 0 Å². The van der Waals surface area contributed by atoms with Gasteiger partial charge in [-0.15, -0.1) is 0 Å². The number of nitrogens with zero attached hydrogens (tertiary/aromatic N) is 1. The molecule has 1 radical (unpaired) electrons. The van der Waals surface area contributed by atoms with E-state index in [0.29, 0.717) is 0 Å². The first kappa shape index (κ1) is 14.7. The van der Waals surface area contributed by atoms with Gasteiger partial charge in [0.15, 0.2) is 5.75 Å². The second kappa shape index (κ2) is 5.74. The first-order valence-corrected chi connectivity index (χ1v) is 5.76. The summed E-state index contributed by atoms with van der Waals surface area (Å²) in [4.78, 5) is 10.4. The van der Waals surface area contributed by atoms with Crippen LogP contribution in [0.4, 0.5) is 14.5 Å². The summed E-state index contributed by atoms with van der Waals surface area (Å²) in [5, 5.41) is 11.2. The zero-order valence-electron chi connectivity index (χ0n) is 11.1. The third kappa shape index (κ3) is 2.62. The molecule has 0 heterocycles. The molecule has 2 rings (SSSR count). The zero-order chi connectivity index (χ0) is 15.6. The molecule has 0 aliphatic rings. The lowest BCUT2D eigenvalue weighted by Gasteiger charge is -2.10. The molecule has 0 saturated carbocycles. The Hall–Kier alpha value is -2.70. The van der Waals surface area contributed by atoms with Crippen molar-refractivity contribution in [3.63, 3.8) is 0 Å². The van der Waals surface area contributed by atoms with Crippen molar-refractivity contribution in [1.29, 1.82) is 0 Å². The summed E-state index contributed by atoms with van der Waals surface area (Å²) in [5.41, 5.74) is -1.43.